The van der Waals surface area contributed by atoms with Crippen LogP contribution in [-0.4, -0.2) is 47.0 Å². The van der Waals surface area contributed by atoms with Crippen molar-refractivity contribution in [2.45, 2.75) is 18.6 Å². The number of fused-ring (bicyclic) bond motifs is 1. The number of hydrogen-bond acceptors (Lipinski definition) is 6. The molecule has 0 atom stereocenters. The van der Waals surface area contributed by atoms with Crippen LogP contribution < -0.4 is 4.90 Å². The number of anilines is 1. The van der Waals surface area contributed by atoms with Crippen molar-refractivity contribution >= 4 is 22.7 Å². The minimum atomic E-state index is -0.415. The number of nitro benzene ring substituents is 1. The van der Waals surface area contributed by atoms with Crippen LogP contribution in [0.25, 0.3) is 11.0 Å². The Morgan fingerprint density at radius 2 is 2.00 bits per heavy atom. The van der Waals surface area contributed by atoms with Gasteiger partial charge in [0.15, 0.2) is 5.79 Å². The third kappa shape index (κ3) is 2.20. The maximum absolute atomic E-state index is 10.8. The Morgan fingerprint density at radius 1 is 1.27 bits per heavy atom. The number of nitro groups is 1. The van der Waals surface area contributed by atoms with Gasteiger partial charge in [-0.05, 0) is 6.07 Å². The summed E-state index contributed by atoms with van der Waals surface area (Å²) in [7, 11) is 0. The normalized spacial score (nSPS) is 20.8. The van der Waals surface area contributed by atoms with Gasteiger partial charge in [-0.25, -0.2) is 4.98 Å². The molecular weight excluding hydrogens is 288 g/mol. The fourth-order valence-electron chi connectivity index (χ4n) is 3.09. The summed E-state index contributed by atoms with van der Waals surface area (Å²) in [6, 6.07) is 4.65. The van der Waals surface area contributed by atoms with Crippen LogP contribution in [0.5, 0.6) is 0 Å². The van der Waals surface area contributed by atoms with E-state index in [0.717, 1.165) is 37.4 Å². The highest BCUT2D eigenvalue weighted by molar-refractivity contribution is 5.80. The number of aromatic amines is 1. The highest BCUT2D eigenvalue weighted by Crippen LogP contribution is 2.33. The highest BCUT2D eigenvalue weighted by atomic mass is 16.7. The van der Waals surface area contributed by atoms with Crippen LogP contribution in [0.2, 0.25) is 0 Å². The summed E-state index contributed by atoms with van der Waals surface area (Å²) in [5.74, 6) is 0.324. The largest absolute Gasteiger partial charge is 0.347 e. The Bertz CT molecular complexity index is 713. The van der Waals surface area contributed by atoms with Gasteiger partial charge in [-0.3, -0.25) is 10.1 Å². The number of nitrogens with zero attached hydrogens (tertiary/aromatic N) is 3. The van der Waals surface area contributed by atoms with Gasteiger partial charge >= 0.3 is 0 Å². The molecule has 0 saturated carbocycles. The number of aromatic nitrogens is 2. The lowest BCUT2D eigenvalue weighted by molar-refractivity contribution is -0.384. The molecule has 0 bridgehead atoms. The van der Waals surface area contributed by atoms with Crippen LogP contribution in [0.1, 0.15) is 12.8 Å². The molecule has 0 unspecified atom stereocenters. The first-order valence-electron chi connectivity index (χ1n) is 7.32. The second-order valence-electron chi connectivity index (χ2n) is 5.61. The summed E-state index contributed by atoms with van der Waals surface area (Å²) in [4.78, 5) is 20.2. The number of imidazole rings is 1. The van der Waals surface area contributed by atoms with Gasteiger partial charge in [0.2, 0.25) is 5.95 Å². The average Bonchev–Trinajstić information content (AvgIpc) is 3.14. The third-order valence-corrected chi connectivity index (χ3v) is 4.30. The Hall–Kier alpha value is -2.19. The van der Waals surface area contributed by atoms with E-state index in [4.69, 9.17) is 9.47 Å². The number of rotatable bonds is 2. The maximum Gasteiger partial charge on any atom is 0.271 e. The second kappa shape index (κ2) is 4.92. The van der Waals surface area contributed by atoms with E-state index >= 15 is 0 Å². The van der Waals surface area contributed by atoms with E-state index in [1.165, 1.54) is 12.1 Å². The molecule has 4 rings (SSSR count). The summed E-state index contributed by atoms with van der Waals surface area (Å²) in [6.45, 7) is 2.88. The number of ether oxygens (including phenoxy) is 2. The van der Waals surface area contributed by atoms with Gasteiger partial charge in [-0.15, -0.1) is 0 Å². The summed E-state index contributed by atoms with van der Waals surface area (Å²) in [6.07, 6.45) is 1.59. The molecule has 8 heteroatoms. The first kappa shape index (κ1) is 13.5. The molecule has 1 aromatic carbocycles. The molecule has 3 heterocycles. The Morgan fingerprint density at radius 3 is 2.68 bits per heavy atom. The van der Waals surface area contributed by atoms with Crippen LogP contribution in [0, 0.1) is 10.1 Å². The van der Waals surface area contributed by atoms with Gasteiger partial charge in [-0.2, -0.15) is 0 Å². The van der Waals surface area contributed by atoms with Gasteiger partial charge in [0.05, 0.1) is 29.2 Å². The van der Waals surface area contributed by atoms with Crippen molar-refractivity contribution in [2.24, 2.45) is 0 Å². The smallest absolute Gasteiger partial charge is 0.271 e. The minimum absolute atomic E-state index is 0.0630. The number of benzene rings is 1. The standard InChI is InChI=1S/C14H16N4O4/c19-18(20)10-1-2-11-12(9-10)16-13(15-11)17-5-3-14(4-6-17)21-7-8-22-14/h1-2,9H,3-8H2,(H,15,16). The van der Waals surface area contributed by atoms with Gasteiger partial charge in [-0.1, -0.05) is 0 Å². The molecule has 0 aliphatic carbocycles. The molecular formula is C14H16N4O4. The summed E-state index contributed by atoms with van der Waals surface area (Å²) >= 11 is 0. The van der Waals surface area contributed by atoms with Crippen LogP contribution >= 0.6 is 0 Å². The second-order valence-corrected chi connectivity index (χ2v) is 5.61. The highest BCUT2D eigenvalue weighted by Gasteiger charge is 2.40. The summed E-state index contributed by atoms with van der Waals surface area (Å²) in [5, 5.41) is 10.8. The first-order chi connectivity index (χ1) is 10.7. The lowest BCUT2D eigenvalue weighted by atomic mass is 10.0. The van der Waals surface area contributed by atoms with Crippen molar-refractivity contribution in [1.29, 1.82) is 0 Å². The summed E-state index contributed by atoms with van der Waals surface area (Å²) < 4.78 is 11.4. The quantitative estimate of drug-likeness (QED) is 0.672. The van der Waals surface area contributed by atoms with Gasteiger partial charge in [0.1, 0.15) is 0 Å². The van der Waals surface area contributed by atoms with Gasteiger partial charge < -0.3 is 19.4 Å². The average molecular weight is 304 g/mol. The molecule has 1 N–H and O–H groups in total. The zero-order chi connectivity index (χ0) is 15.2. The maximum atomic E-state index is 10.8. The molecule has 0 radical (unpaired) electrons. The van der Waals surface area contributed by atoms with E-state index < -0.39 is 10.7 Å². The van der Waals surface area contributed by atoms with E-state index in [1.807, 2.05) is 0 Å². The fraction of sp³-hybridized carbons (Fsp3) is 0.500. The van der Waals surface area contributed by atoms with Crippen molar-refractivity contribution in [3.63, 3.8) is 0 Å². The van der Waals surface area contributed by atoms with Crippen molar-refractivity contribution in [3.05, 3.63) is 28.3 Å². The number of nitrogens with one attached hydrogen (secondary N) is 1. The molecule has 8 nitrogen and oxygen atoms in total. The lowest BCUT2D eigenvalue weighted by Gasteiger charge is -2.37. The lowest BCUT2D eigenvalue weighted by Crippen LogP contribution is -2.45. The van der Waals surface area contributed by atoms with Crippen LogP contribution in [-0.2, 0) is 9.47 Å². The van der Waals surface area contributed by atoms with E-state index in [-0.39, 0.29) is 5.69 Å². The Labute approximate surface area is 126 Å². The molecule has 1 aromatic heterocycles. The van der Waals surface area contributed by atoms with Crippen LogP contribution in [0.4, 0.5) is 11.6 Å². The fourth-order valence-corrected chi connectivity index (χ4v) is 3.09. The predicted octanol–water partition coefficient (Wildman–Crippen LogP) is 1.81. The third-order valence-electron chi connectivity index (χ3n) is 4.30. The minimum Gasteiger partial charge on any atom is -0.347 e. The monoisotopic (exact) mass is 304 g/mol. The summed E-state index contributed by atoms with van der Waals surface area (Å²) in [5.41, 5.74) is 1.47. The molecule has 116 valence electrons. The van der Waals surface area contributed by atoms with Crippen molar-refractivity contribution < 1.29 is 14.4 Å². The SMILES string of the molecule is O=[N+]([O-])c1ccc2nc(N3CCC4(CC3)OCCO4)[nH]c2c1. The Kier molecular flexibility index (Phi) is 3.02. The molecule has 1 spiro atoms. The topological polar surface area (TPSA) is 93.5 Å². The number of H-pyrrole nitrogens is 1. The van der Waals surface area contributed by atoms with Crippen molar-refractivity contribution in [2.75, 3.05) is 31.2 Å². The Balaban J connectivity index is 1.55. The molecule has 2 aliphatic rings. The predicted molar refractivity (Wildman–Crippen MR) is 78.8 cm³/mol. The molecule has 2 aliphatic heterocycles. The molecule has 22 heavy (non-hydrogen) atoms. The number of non-ortho nitro benzene ring substituents is 1. The van der Waals surface area contributed by atoms with Gasteiger partial charge in [0, 0.05) is 38.1 Å². The zero-order valence-corrected chi connectivity index (χ0v) is 11.9. The first-order valence-corrected chi connectivity index (χ1v) is 7.32. The van der Waals surface area contributed by atoms with Crippen LogP contribution in [0.3, 0.4) is 0 Å². The van der Waals surface area contributed by atoms with E-state index in [0.29, 0.717) is 18.7 Å². The zero-order valence-electron chi connectivity index (χ0n) is 11.9. The van der Waals surface area contributed by atoms with Crippen LogP contribution in [0.15, 0.2) is 18.2 Å². The number of hydrogen-bond donors (Lipinski definition) is 1. The van der Waals surface area contributed by atoms with E-state index in [2.05, 4.69) is 14.9 Å². The molecule has 2 saturated heterocycles. The molecule has 2 fully saturated rings. The van der Waals surface area contributed by atoms with E-state index in [1.54, 1.807) is 6.07 Å². The van der Waals surface area contributed by atoms with Crippen molar-refractivity contribution in [1.82, 2.24) is 9.97 Å². The van der Waals surface area contributed by atoms with Crippen molar-refractivity contribution in [3.8, 4) is 0 Å². The molecule has 0 amide bonds. The van der Waals surface area contributed by atoms with E-state index in [9.17, 15) is 10.1 Å². The number of piperidine rings is 1. The molecule has 2 aromatic rings. The van der Waals surface area contributed by atoms with Gasteiger partial charge in [0.25, 0.3) is 5.69 Å².